The largest absolute Gasteiger partial charge is 0.406 e. The van der Waals surface area contributed by atoms with Gasteiger partial charge in [-0.15, -0.1) is 0 Å². The SMILES string of the molecule is NCCC1CCCCN1C(=O)c1cccn1CC(F)(F)F. The summed E-state index contributed by atoms with van der Waals surface area (Å²) in [6.07, 6.45) is 0.411. The van der Waals surface area contributed by atoms with Crippen LogP contribution in [0.25, 0.3) is 0 Å². The standard InChI is InChI=1S/C14H20F3N3O/c15-14(16,17)10-19-8-3-5-12(19)13(21)20-9-2-1-4-11(20)6-7-18/h3,5,8,11H,1-2,4,6-7,9-10,18H2. The molecule has 118 valence electrons. The van der Waals surface area contributed by atoms with Crippen LogP contribution >= 0.6 is 0 Å². The Morgan fingerprint density at radius 1 is 1.38 bits per heavy atom. The van der Waals surface area contributed by atoms with Gasteiger partial charge in [-0.25, -0.2) is 0 Å². The summed E-state index contributed by atoms with van der Waals surface area (Å²) in [7, 11) is 0. The first kappa shape index (κ1) is 15.9. The lowest BCUT2D eigenvalue weighted by atomic mass is 9.99. The molecule has 0 radical (unpaired) electrons. The summed E-state index contributed by atoms with van der Waals surface area (Å²) >= 11 is 0. The average Bonchev–Trinajstić information content (AvgIpc) is 2.85. The van der Waals surface area contributed by atoms with Crippen molar-refractivity contribution in [2.75, 3.05) is 13.1 Å². The fraction of sp³-hybridized carbons (Fsp3) is 0.643. The number of alkyl halides is 3. The zero-order valence-corrected chi connectivity index (χ0v) is 11.8. The summed E-state index contributed by atoms with van der Waals surface area (Å²) in [5, 5.41) is 0. The number of amides is 1. The van der Waals surface area contributed by atoms with Gasteiger partial charge in [0.05, 0.1) is 0 Å². The normalized spacial score (nSPS) is 19.8. The van der Waals surface area contributed by atoms with Crippen LogP contribution in [-0.4, -0.2) is 40.7 Å². The van der Waals surface area contributed by atoms with Gasteiger partial charge in [-0.05, 0) is 44.4 Å². The first-order chi connectivity index (χ1) is 9.92. The summed E-state index contributed by atoms with van der Waals surface area (Å²) in [5.41, 5.74) is 5.66. The molecule has 0 saturated carbocycles. The first-order valence-electron chi connectivity index (χ1n) is 7.15. The van der Waals surface area contributed by atoms with Crippen molar-refractivity contribution < 1.29 is 18.0 Å². The third-order valence-electron chi connectivity index (χ3n) is 3.79. The van der Waals surface area contributed by atoms with Crippen LogP contribution in [0.2, 0.25) is 0 Å². The van der Waals surface area contributed by atoms with Crippen LogP contribution in [-0.2, 0) is 6.54 Å². The van der Waals surface area contributed by atoms with Gasteiger partial charge in [0.25, 0.3) is 5.91 Å². The lowest BCUT2D eigenvalue weighted by Crippen LogP contribution is -2.45. The fourth-order valence-electron chi connectivity index (χ4n) is 2.85. The maximum absolute atomic E-state index is 12.5. The summed E-state index contributed by atoms with van der Waals surface area (Å²) in [4.78, 5) is 14.2. The predicted octanol–water partition coefficient (Wildman–Crippen LogP) is 2.39. The van der Waals surface area contributed by atoms with Crippen LogP contribution in [0.1, 0.15) is 36.2 Å². The Labute approximate surface area is 121 Å². The summed E-state index contributed by atoms with van der Waals surface area (Å²) in [6, 6.07) is 2.95. The number of hydrogen-bond donors (Lipinski definition) is 1. The highest BCUT2D eigenvalue weighted by Crippen LogP contribution is 2.24. The maximum atomic E-state index is 12.5. The zero-order chi connectivity index (χ0) is 15.5. The minimum absolute atomic E-state index is 0.0329. The Balaban J connectivity index is 2.17. The van der Waals surface area contributed by atoms with Crippen molar-refractivity contribution >= 4 is 5.91 Å². The van der Waals surface area contributed by atoms with Gasteiger partial charge in [-0.2, -0.15) is 13.2 Å². The minimum Gasteiger partial charge on any atom is -0.334 e. The number of likely N-dealkylation sites (tertiary alicyclic amines) is 1. The highest BCUT2D eigenvalue weighted by atomic mass is 19.4. The van der Waals surface area contributed by atoms with E-state index in [1.807, 2.05) is 0 Å². The Hall–Kier alpha value is -1.50. The number of nitrogens with two attached hydrogens (primary N) is 1. The number of nitrogens with zero attached hydrogens (tertiary/aromatic N) is 2. The summed E-state index contributed by atoms with van der Waals surface area (Å²) in [6.45, 7) is -0.0881. The van der Waals surface area contributed by atoms with Crippen LogP contribution < -0.4 is 5.73 Å². The van der Waals surface area contributed by atoms with Crippen LogP contribution in [0.3, 0.4) is 0 Å². The Kier molecular flexibility index (Phi) is 4.92. The van der Waals surface area contributed by atoms with Crippen LogP contribution in [0.5, 0.6) is 0 Å². The van der Waals surface area contributed by atoms with E-state index in [1.54, 1.807) is 4.90 Å². The number of rotatable bonds is 4. The van der Waals surface area contributed by atoms with Crippen molar-refractivity contribution in [3.05, 3.63) is 24.0 Å². The van der Waals surface area contributed by atoms with Gasteiger partial charge in [-0.3, -0.25) is 4.79 Å². The van der Waals surface area contributed by atoms with Gasteiger partial charge in [0.15, 0.2) is 0 Å². The van der Waals surface area contributed by atoms with E-state index in [-0.39, 0.29) is 17.6 Å². The van der Waals surface area contributed by atoms with Gasteiger partial charge in [0.1, 0.15) is 12.2 Å². The van der Waals surface area contributed by atoms with Crippen LogP contribution in [0.4, 0.5) is 13.2 Å². The van der Waals surface area contributed by atoms with Crippen molar-refractivity contribution in [2.45, 2.75) is 44.4 Å². The molecule has 1 aliphatic heterocycles. The molecule has 1 aliphatic rings. The quantitative estimate of drug-likeness (QED) is 0.928. The van der Waals surface area contributed by atoms with Crippen molar-refractivity contribution in [3.63, 3.8) is 0 Å². The van der Waals surface area contributed by atoms with Crippen LogP contribution in [0.15, 0.2) is 18.3 Å². The lowest BCUT2D eigenvalue weighted by molar-refractivity contribution is -0.140. The van der Waals surface area contributed by atoms with Crippen molar-refractivity contribution in [3.8, 4) is 0 Å². The molecule has 0 spiro atoms. The van der Waals surface area contributed by atoms with E-state index in [2.05, 4.69) is 0 Å². The van der Waals surface area contributed by atoms with E-state index >= 15 is 0 Å². The van der Waals surface area contributed by atoms with E-state index < -0.39 is 12.7 Å². The molecule has 1 unspecified atom stereocenters. The zero-order valence-electron chi connectivity index (χ0n) is 11.8. The molecule has 21 heavy (non-hydrogen) atoms. The van der Waals surface area contributed by atoms with Gasteiger partial charge >= 0.3 is 6.18 Å². The molecule has 1 aromatic heterocycles. The summed E-state index contributed by atoms with van der Waals surface area (Å²) < 4.78 is 38.6. The van der Waals surface area contributed by atoms with Gasteiger partial charge < -0.3 is 15.2 Å². The third kappa shape index (κ3) is 4.00. The molecular formula is C14H20F3N3O. The molecule has 2 N–H and O–H groups in total. The molecule has 1 amide bonds. The molecule has 4 nitrogen and oxygen atoms in total. The molecule has 1 atom stereocenters. The number of carbonyl (C=O) groups is 1. The number of aromatic nitrogens is 1. The van der Waals surface area contributed by atoms with E-state index in [0.29, 0.717) is 19.5 Å². The molecule has 2 rings (SSSR count). The molecule has 0 aliphatic carbocycles. The molecule has 1 fully saturated rings. The molecule has 0 aromatic carbocycles. The second-order valence-corrected chi connectivity index (χ2v) is 5.36. The fourth-order valence-corrected chi connectivity index (χ4v) is 2.85. The number of hydrogen-bond acceptors (Lipinski definition) is 2. The predicted molar refractivity (Wildman–Crippen MR) is 72.8 cm³/mol. The third-order valence-corrected chi connectivity index (χ3v) is 3.79. The van der Waals surface area contributed by atoms with E-state index in [9.17, 15) is 18.0 Å². The van der Waals surface area contributed by atoms with E-state index in [0.717, 1.165) is 23.8 Å². The van der Waals surface area contributed by atoms with Crippen molar-refractivity contribution in [1.29, 1.82) is 0 Å². The second-order valence-electron chi connectivity index (χ2n) is 5.36. The number of piperidine rings is 1. The smallest absolute Gasteiger partial charge is 0.334 e. The van der Waals surface area contributed by atoms with Gasteiger partial charge in [0.2, 0.25) is 0 Å². The van der Waals surface area contributed by atoms with Gasteiger partial charge in [-0.1, -0.05) is 0 Å². The second kappa shape index (κ2) is 6.51. The first-order valence-corrected chi connectivity index (χ1v) is 7.15. The Morgan fingerprint density at radius 2 is 2.14 bits per heavy atom. The Morgan fingerprint density at radius 3 is 2.81 bits per heavy atom. The van der Waals surface area contributed by atoms with Crippen molar-refractivity contribution in [1.82, 2.24) is 9.47 Å². The minimum atomic E-state index is -4.34. The monoisotopic (exact) mass is 303 g/mol. The summed E-state index contributed by atoms with van der Waals surface area (Å²) in [5.74, 6) is -0.331. The van der Waals surface area contributed by atoms with E-state index in [4.69, 9.17) is 5.73 Å². The molecule has 2 heterocycles. The van der Waals surface area contributed by atoms with E-state index in [1.165, 1.54) is 18.3 Å². The van der Waals surface area contributed by atoms with Crippen molar-refractivity contribution in [2.24, 2.45) is 5.73 Å². The Bertz CT molecular complexity index is 482. The number of halogens is 3. The molecule has 1 saturated heterocycles. The molecule has 7 heteroatoms. The molecule has 0 bridgehead atoms. The maximum Gasteiger partial charge on any atom is 0.406 e. The highest BCUT2D eigenvalue weighted by Gasteiger charge is 2.32. The topological polar surface area (TPSA) is 51.3 Å². The van der Waals surface area contributed by atoms with Gasteiger partial charge in [0, 0.05) is 18.8 Å². The van der Waals surface area contributed by atoms with Crippen LogP contribution in [0, 0.1) is 0 Å². The lowest BCUT2D eigenvalue weighted by Gasteiger charge is -2.36. The average molecular weight is 303 g/mol. The molecule has 1 aromatic rings. The molecular weight excluding hydrogens is 283 g/mol. The highest BCUT2D eigenvalue weighted by molar-refractivity contribution is 5.93. The number of carbonyl (C=O) groups excluding carboxylic acids is 1.